The Balaban J connectivity index is 1.22. The third-order valence-electron chi connectivity index (χ3n) is 6.17. The summed E-state index contributed by atoms with van der Waals surface area (Å²) in [5, 5.41) is 1.97. The SMILES string of the molecule is O=C(c1ccc(OCc2cscn2)cc1)N1CCN(C(c2ccccc2)c2ccccc2)CC1. The van der Waals surface area contributed by atoms with E-state index in [-0.39, 0.29) is 11.9 Å². The first-order chi connectivity index (χ1) is 16.8. The summed E-state index contributed by atoms with van der Waals surface area (Å²) >= 11 is 1.55. The molecule has 3 aromatic carbocycles. The monoisotopic (exact) mass is 469 g/mol. The minimum Gasteiger partial charge on any atom is -0.487 e. The van der Waals surface area contributed by atoms with E-state index in [1.807, 2.05) is 34.5 Å². The number of nitrogens with zero attached hydrogens (tertiary/aromatic N) is 3. The minimum absolute atomic E-state index is 0.0710. The smallest absolute Gasteiger partial charge is 0.253 e. The molecular weight excluding hydrogens is 442 g/mol. The van der Waals surface area contributed by atoms with E-state index >= 15 is 0 Å². The zero-order valence-electron chi connectivity index (χ0n) is 18.9. The van der Waals surface area contributed by atoms with Crippen LogP contribution in [0.3, 0.4) is 0 Å². The molecule has 6 heteroatoms. The van der Waals surface area contributed by atoms with E-state index in [0.717, 1.165) is 24.5 Å². The second-order valence-electron chi connectivity index (χ2n) is 8.34. The molecule has 0 atom stereocenters. The number of thiazole rings is 1. The maximum atomic E-state index is 13.1. The van der Waals surface area contributed by atoms with Gasteiger partial charge in [-0.25, -0.2) is 4.98 Å². The fourth-order valence-corrected chi connectivity index (χ4v) is 4.95. The van der Waals surface area contributed by atoms with Crippen molar-refractivity contribution in [1.82, 2.24) is 14.8 Å². The van der Waals surface area contributed by atoms with Gasteiger partial charge in [0.25, 0.3) is 5.91 Å². The van der Waals surface area contributed by atoms with E-state index in [1.165, 1.54) is 11.1 Å². The number of benzene rings is 3. The van der Waals surface area contributed by atoms with Crippen molar-refractivity contribution in [3.05, 3.63) is 118 Å². The molecule has 5 nitrogen and oxygen atoms in total. The Morgan fingerprint density at radius 3 is 2.03 bits per heavy atom. The fraction of sp³-hybridized carbons (Fsp3) is 0.214. The van der Waals surface area contributed by atoms with Crippen LogP contribution in [-0.2, 0) is 6.61 Å². The average Bonchev–Trinajstić information content (AvgIpc) is 3.43. The Labute approximate surface area is 204 Å². The highest BCUT2D eigenvalue weighted by atomic mass is 32.1. The Morgan fingerprint density at radius 1 is 0.853 bits per heavy atom. The predicted octanol–water partition coefficient (Wildman–Crippen LogP) is 5.27. The van der Waals surface area contributed by atoms with E-state index in [0.29, 0.717) is 25.3 Å². The summed E-state index contributed by atoms with van der Waals surface area (Å²) in [5.74, 6) is 0.810. The summed E-state index contributed by atoms with van der Waals surface area (Å²) in [6.07, 6.45) is 0. The summed E-state index contributed by atoms with van der Waals surface area (Å²) < 4.78 is 5.77. The Hall–Kier alpha value is -3.48. The van der Waals surface area contributed by atoms with Crippen molar-refractivity contribution in [1.29, 1.82) is 0 Å². The van der Waals surface area contributed by atoms with Gasteiger partial charge in [-0.15, -0.1) is 11.3 Å². The number of rotatable bonds is 7. The molecule has 172 valence electrons. The van der Waals surface area contributed by atoms with E-state index < -0.39 is 0 Å². The van der Waals surface area contributed by atoms with E-state index in [9.17, 15) is 4.79 Å². The van der Waals surface area contributed by atoms with Crippen LogP contribution in [0.25, 0.3) is 0 Å². The molecule has 0 N–H and O–H groups in total. The molecule has 1 aliphatic rings. The molecule has 1 aromatic heterocycles. The van der Waals surface area contributed by atoms with Crippen molar-refractivity contribution in [2.24, 2.45) is 0 Å². The fourth-order valence-electron chi connectivity index (χ4n) is 4.41. The van der Waals surface area contributed by atoms with Gasteiger partial charge in [0.1, 0.15) is 12.4 Å². The summed E-state index contributed by atoms with van der Waals surface area (Å²) in [6, 6.07) is 28.8. The van der Waals surface area contributed by atoms with Crippen LogP contribution in [0.2, 0.25) is 0 Å². The summed E-state index contributed by atoms with van der Waals surface area (Å²) in [7, 11) is 0. The van der Waals surface area contributed by atoms with Crippen LogP contribution < -0.4 is 4.74 Å². The van der Waals surface area contributed by atoms with Crippen molar-refractivity contribution < 1.29 is 9.53 Å². The minimum atomic E-state index is 0.0710. The van der Waals surface area contributed by atoms with Crippen molar-refractivity contribution in [3.8, 4) is 5.75 Å². The zero-order chi connectivity index (χ0) is 23.2. The van der Waals surface area contributed by atoms with Crippen LogP contribution in [0.1, 0.15) is 33.2 Å². The van der Waals surface area contributed by atoms with Crippen molar-refractivity contribution in [2.45, 2.75) is 12.6 Å². The zero-order valence-corrected chi connectivity index (χ0v) is 19.7. The first kappa shape index (κ1) is 22.3. The van der Waals surface area contributed by atoms with Crippen LogP contribution in [0.5, 0.6) is 5.75 Å². The van der Waals surface area contributed by atoms with Crippen LogP contribution in [0.15, 0.2) is 95.8 Å². The average molecular weight is 470 g/mol. The Morgan fingerprint density at radius 2 is 1.47 bits per heavy atom. The maximum absolute atomic E-state index is 13.1. The number of carbonyl (C=O) groups excluding carboxylic acids is 1. The Bertz CT molecular complexity index is 1130. The van der Waals surface area contributed by atoms with E-state index in [1.54, 1.807) is 16.8 Å². The van der Waals surface area contributed by atoms with Crippen LogP contribution >= 0.6 is 11.3 Å². The maximum Gasteiger partial charge on any atom is 0.253 e. The molecule has 0 aliphatic carbocycles. The van der Waals surface area contributed by atoms with Crippen LogP contribution in [0, 0.1) is 0 Å². The topological polar surface area (TPSA) is 45.7 Å². The molecule has 0 bridgehead atoms. The first-order valence-corrected chi connectivity index (χ1v) is 12.5. The van der Waals surface area contributed by atoms with Gasteiger partial charge in [-0.3, -0.25) is 9.69 Å². The number of amides is 1. The van der Waals surface area contributed by atoms with Crippen molar-refractivity contribution >= 4 is 17.2 Å². The third kappa shape index (κ3) is 5.19. The summed E-state index contributed by atoms with van der Waals surface area (Å²) in [4.78, 5) is 21.8. The van der Waals surface area contributed by atoms with Crippen molar-refractivity contribution in [3.63, 3.8) is 0 Å². The summed E-state index contributed by atoms with van der Waals surface area (Å²) in [6.45, 7) is 3.50. The molecule has 1 amide bonds. The summed E-state index contributed by atoms with van der Waals surface area (Å²) in [5.41, 5.74) is 5.95. The number of hydrogen-bond acceptors (Lipinski definition) is 5. The molecular formula is C28H27N3O2S. The number of piperazine rings is 1. The highest BCUT2D eigenvalue weighted by Crippen LogP contribution is 2.29. The van der Waals surface area contributed by atoms with Crippen LogP contribution in [-0.4, -0.2) is 46.9 Å². The van der Waals surface area contributed by atoms with Gasteiger partial charge in [0.2, 0.25) is 0 Å². The van der Waals surface area contributed by atoms with Crippen LogP contribution in [0.4, 0.5) is 0 Å². The standard InChI is InChI=1S/C28H27N3O2S/c32-28(24-11-13-26(14-12-24)33-19-25-20-34-21-29-25)31-17-15-30(16-18-31)27(22-7-3-1-4-8-22)23-9-5-2-6-10-23/h1-14,20-21,27H,15-19H2. The second kappa shape index (κ2) is 10.6. The molecule has 0 unspecified atom stereocenters. The molecule has 0 spiro atoms. The molecule has 2 heterocycles. The van der Waals surface area contributed by atoms with Gasteiger partial charge in [0.15, 0.2) is 0 Å². The lowest BCUT2D eigenvalue weighted by molar-refractivity contribution is 0.0597. The molecule has 1 aliphatic heterocycles. The molecule has 1 fully saturated rings. The highest BCUT2D eigenvalue weighted by Gasteiger charge is 2.28. The van der Waals surface area contributed by atoms with Gasteiger partial charge in [0, 0.05) is 37.1 Å². The number of hydrogen-bond donors (Lipinski definition) is 0. The predicted molar refractivity (Wildman–Crippen MR) is 135 cm³/mol. The number of ether oxygens (including phenoxy) is 1. The molecule has 5 rings (SSSR count). The van der Waals surface area contributed by atoms with Crippen molar-refractivity contribution in [2.75, 3.05) is 26.2 Å². The first-order valence-electron chi connectivity index (χ1n) is 11.5. The van der Waals surface area contributed by atoms with Gasteiger partial charge in [-0.05, 0) is 35.4 Å². The van der Waals surface area contributed by atoms with E-state index in [2.05, 4.69) is 70.5 Å². The lowest BCUT2D eigenvalue weighted by Crippen LogP contribution is -2.49. The molecule has 4 aromatic rings. The van der Waals surface area contributed by atoms with E-state index in [4.69, 9.17) is 4.74 Å². The number of aromatic nitrogens is 1. The normalized spacial score (nSPS) is 14.3. The van der Waals surface area contributed by atoms with Gasteiger partial charge in [-0.1, -0.05) is 60.7 Å². The Kier molecular flexibility index (Phi) is 6.98. The molecule has 0 saturated carbocycles. The van der Waals surface area contributed by atoms with Gasteiger partial charge in [-0.2, -0.15) is 0 Å². The highest BCUT2D eigenvalue weighted by molar-refractivity contribution is 7.07. The lowest BCUT2D eigenvalue weighted by Gasteiger charge is -2.39. The molecule has 0 radical (unpaired) electrons. The van der Waals surface area contributed by atoms with Gasteiger partial charge >= 0.3 is 0 Å². The quantitative estimate of drug-likeness (QED) is 0.370. The third-order valence-corrected chi connectivity index (χ3v) is 6.80. The molecule has 1 saturated heterocycles. The number of carbonyl (C=O) groups is 1. The van der Waals surface area contributed by atoms with Gasteiger partial charge in [0.05, 0.1) is 17.2 Å². The lowest BCUT2D eigenvalue weighted by atomic mass is 9.96. The molecule has 34 heavy (non-hydrogen) atoms. The largest absolute Gasteiger partial charge is 0.487 e. The van der Waals surface area contributed by atoms with Gasteiger partial charge < -0.3 is 9.64 Å². The second-order valence-corrected chi connectivity index (χ2v) is 9.06.